The number of esters is 1. The van der Waals surface area contributed by atoms with Crippen molar-refractivity contribution < 1.29 is 52.2 Å². The zero-order chi connectivity index (χ0) is 27.6. The van der Waals surface area contributed by atoms with Crippen LogP contribution in [0.15, 0.2) is 30.3 Å². The largest absolute Gasteiger partial charge is 0.461 e. The van der Waals surface area contributed by atoms with Gasteiger partial charge in [0.25, 0.3) is 0 Å². The van der Waals surface area contributed by atoms with Crippen molar-refractivity contribution in [3.8, 4) is 0 Å². The second-order valence-electron chi connectivity index (χ2n) is 11.3. The summed E-state index contributed by atoms with van der Waals surface area (Å²) < 4.78 is 61.2. The van der Waals surface area contributed by atoms with Gasteiger partial charge in [-0.1, -0.05) is 18.2 Å². The van der Waals surface area contributed by atoms with Gasteiger partial charge < -0.3 is 47.4 Å². The second-order valence-corrected chi connectivity index (χ2v) is 11.3. The Hall–Kier alpha value is -1.67. The lowest BCUT2D eigenvalue weighted by molar-refractivity contribution is -0.429. The van der Waals surface area contributed by atoms with Crippen molar-refractivity contribution in [3.63, 3.8) is 0 Å². The molecule has 8 rings (SSSR count). The summed E-state index contributed by atoms with van der Waals surface area (Å²) in [5, 5.41) is 0. The van der Waals surface area contributed by atoms with Crippen molar-refractivity contribution in [2.24, 2.45) is 11.3 Å². The van der Waals surface area contributed by atoms with Crippen LogP contribution in [0.2, 0.25) is 0 Å². The van der Waals surface area contributed by atoms with Crippen molar-refractivity contribution in [1.29, 1.82) is 0 Å². The molecule has 3 aliphatic carbocycles. The molecule has 1 aromatic carbocycles. The Kier molecular flexibility index (Phi) is 6.85. The van der Waals surface area contributed by atoms with Crippen LogP contribution in [0.1, 0.15) is 30.1 Å². The summed E-state index contributed by atoms with van der Waals surface area (Å²) in [6.07, 6.45) is -2.47. The van der Waals surface area contributed by atoms with Crippen molar-refractivity contribution in [2.75, 3.05) is 48.8 Å². The molecule has 7 fully saturated rings. The van der Waals surface area contributed by atoms with Gasteiger partial charge in [0.15, 0.2) is 18.4 Å². The molecule has 6 bridgehead atoms. The first-order valence-corrected chi connectivity index (χ1v) is 13.3. The van der Waals surface area contributed by atoms with Gasteiger partial charge in [-0.2, -0.15) is 0 Å². The van der Waals surface area contributed by atoms with Crippen LogP contribution in [0.4, 0.5) is 0 Å². The number of benzene rings is 1. The molecule has 1 aromatic rings. The molecule has 3 saturated carbocycles. The standard InChI is InChI=1S/C28H38O11/c1-25-14-27(34-6)18-12-28(25,37-23-21(33-5)20(32-4)19(31-3)17(36-23)13-30-2)26(18,24(38-25)39-27)15-35-22(29)16-10-8-7-9-11-16/h7-11,17-21,23-24H,12-15H2,1-6H3/t17-,18?,19-,20+,21-,23+,24?,25-,26+,27+,28+/m1/s1. The highest BCUT2D eigenvalue weighted by molar-refractivity contribution is 5.89. The van der Waals surface area contributed by atoms with Gasteiger partial charge in [-0.15, -0.1) is 0 Å². The molecule has 4 heterocycles. The van der Waals surface area contributed by atoms with E-state index in [4.69, 9.17) is 47.4 Å². The number of carbonyl (C=O) groups is 1. The van der Waals surface area contributed by atoms with Gasteiger partial charge in [-0.05, 0) is 25.5 Å². The number of methoxy groups -OCH3 is 5. The molecule has 11 atom stereocenters. The van der Waals surface area contributed by atoms with Gasteiger partial charge in [0.2, 0.25) is 0 Å². The SMILES string of the molecule is COC[C@H]1O[C@@H](O[C@@]23CC4[C@]5(OC)C[C@@]2(C)OC(O5)[C@]43COC(=O)c2ccccc2)[C@H](OC)[C@@H](OC)[C@@H]1OC. The molecule has 11 heteroatoms. The van der Waals surface area contributed by atoms with Crippen LogP contribution < -0.4 is 0 Å². The first-order chi connectivity index (χ1) is 18.8. The smallest absolute Gasteiger partial charge is 0.338 e. The van der Waals surface area contributed by atoms with Crippen LogP contribution in [-0.2, 0) is 47.4 Å². The Balaban J connectivity index is 1.34. The lowest BCUT2D eigenvalue weighted by atomic mass is 9.41. The van der Waals surface area contributed by atoms with Gasteiger partial charge in [-0.3, -0.25) is 0 Å². The summed E-state index contributed by atoms with van der Waals surface area (Å²) in [6, 6.07) is 8.90. The molecule has 0 amide bonds. The number of rotatable bonds is 11. The van der Waals surface area contributed by atoms with Crippen LogP contribution in [0.3, 0.4) is 0 Å². The van der Waals surface area contributed by atoms with E-state index in [2.05, 4.69) is 0 Å². The zero-order valence-electron chi connectivity index (χ0n) is 23.2. The quantitative estimate of drug-likeness (QED) is 0.377. The molecule has 0 radical (unpaired) electrons. The highest BCUT2D eigenvalue weighted by atomic mass is 16.8. The summed E-state index contributed by atoms with van der Waals surface area (Å²) >= 11 is 0. The fourth-order valence-electron chi connectivity index (χ4n) is 8.01. The van der Waals surface area contributed by atoms with E-state index in [9.17, 15) is 4.79 Å². The summed E-state index contributed by atoms with van der Waals surface area (Å²) in [4.78, 5) is 13.0. The number of carbonyl (C=O) groups excluding carboxylic acids is 1. The molecule has 2 unspecified atom stereocenters. The summed E-state index contributed by atoms with van der Waals surface area (Å²) in [6.45, 7) is 2.32. The van der Waals surface area contributed by atoms with Crippen LogP contribution in [-0.4, -0.2) is 109 Å². The van der Waals surface area contributed by atoms with E-state index in [1.165, 1.54) is 0 Å². The average molecular weight is 551 g/mol. The minimum absolute atomic E-state index is 0.0387. The highest BCUT2D eigenvalue weighted by Crippen LogP contribution is 2.82. The topological polar surface area (TPSA) is 109 Å². The molecule has 39 heavy (non-hydrogen) atoms. The third kappa shape index (κ3) is 3.52. The summed E-state index contributed by atoms with van der Waals surface area (Å²) in [5.74, 6) is -1.37. The molecule has 0 spiro atoms. The fraction of sp³-hybridized carbons (Fsp3) is 0.750. The minimum atomic E-state index is -0.901. The van der Waals surface area contributed by atoms with E-state index < -0.39 is 65.4 Å². The van der Waals surface area contributed by atoms with Gasteiger partial charge in [0.05, 0.1) is 17.6 Å². The van der Waals surface area contributed by atoms with Crippen LogP contribution in [0.5, 0.6) is 0 Å². The maximum atomic E-state index is 13.0. The molecule has 0 aromatic heterocycles. The van der Waals surface area contributed by atoms with E-state index in [-0.39, 0.29) is 19.1 Å². The van der Waals surface area contributed by atoms with Crippen LogP contribution in [0.25, 0.3) is 0 Å². The monoisotopic (exact) mass is 550 g/mol. The Morgan fingerprint density at radius 2 is 1.69 bits per heavy atom. The number of hydrogen-bond donors (Lipinski definition) is 0. The normalized spacial score (nSPS) is 47.3. The maximum Gasteiger partial charge on any atom is 0.338 e. The first kappa shape index (κ1) is 27.5. The lowest BCUT2D eigenvalue weighted by Crippen LogP contribution is -2.81. The third-order valence-corrected chi connectivity index (χ3v) is 9.78. The van der Waals surface area contributed by atoms with Crippen molar-refractivity contribution in [1.82, 2.24) is 0 Å². The van der Waals surface area contributed by atoms with Gasteiger partial charge in [-0.25, -0.2) is 4.79 Å². The molecule has 11 nitrogen and oxygen atoms in total. The minimum Gasteiger partial charge on any atom is -0.461 e. The van der Waals surface area contributed by atoms with E-state index in [0.717, 1.165) is 0 Å². The van der Waals surface area contributed by atoms with Crippen LogP contribution in [0, 0.1) is 11.3 Å². The Morgan fingerprint density at radius 1 is 0.974 bits per heavy atom. The van der Waals surface area contributed by atoms with E-state index >= 15 is 0 Å². The molecule has 216 valence electrons. The van der Waals surface area contributed by atoms with Crippen molar-refractivity contribution >= 4 is 5.97 Å². The Morgan fingerprint density at radius 3 is 2.33 bits per heavy atom. The highest BCUT2D eigenvalue weighted by Gasteiger charge is 2.95. The molecular weight excluding hydrogens is 512 g/mol. The summed E-state index contributed by atoms with van der Waals surface area (Å²) in [5.41, 5.74) is -2.03. The van der Waals surface area contributed by atoms with E-state index in [1.54, 1.807) is 59.8 Å². The third-order valence-electron chi connectivity index (χ3n) is 9.78. The van der Waals surface area contributed by atoms with Gasteiger partial charge >= 0.3 is 5.97 Å². The Labute approximate surface area is 228 Å². The fourth-order valence-corrected chi connectivity index (χ4v) is 8.01. The molecule has 0 N–H and O–H groups in total. The molecule has 7 aliphatic rings. The van der Waals surface area contributed by atoms with Crippen molar-refractivity contribution in [2.45, 2.75) is 73.8 Å². The zero-order valence-corrected chi connectivity index (χ0v) is 23.2. The Bertz CT molecular complexity index is 1070. The average Bonchev–Trinajstić information content (AvgIpc) is 3.15. The van der Waals surface area contributed by atoms with Crippen molar-refractivity contribution in [3.05, 3.63) is 35.9 Å². The maximum absolute atomic E-state index is 13.0. The van der Waals surface area contributed by atoms with E-state index in [1.807, 2.05) is 13.0 Å². The van der Waals surface area contributed by atoms with Gasteiger partial charge in [0.1, 0.15) is 42.2 Å². The lowest BCUT2D eigenvalue weighted by Gasteiger charge is -2.68. The second kappa shape index (κ2) is 9.71. The predicted molar refractivity (Wildman–Crippen MR) is 133 cm³/mol. The van der Waals surface area contributed by atoms with Crippen LogP contribution >= 0.6 is 0 Å². The summed E-state index contributed by atoms with van der Waals surface area (Å²) in [7, 11) is 8.05. The number of hydrogen-bond acceptors (Lipinski definition) is 11. The predicted octanol–water partition coefficient (Wildman–Crippen LogP) is 1.91. The molecule has 4 aliphatic heterocycles. The first-order valence-electron chi connectivity index (χ1n) is 13.3. The number of ether oxygens (including phenoxy) is 10. The molecule has 4 saturated heterocycles. The van der Waals surface area contributed by atoms with Gasteiger partial charge in [0, 0.05) is 47.9 Å². The molecular formula is C28H38O11. The van der Waals surface area contributed by atoms with E-state index in [0.29, 0.717) is 18.4 Å².